The number of benzene rings is 1. The zero-order chi connectivity index (χ0) is 43.7. The quantitative estimate of drug-likeness (QED) is 0.0494. The van der Waals surface area contributed by atoms with E-state index < -0.39 is 56.1 Å². The van der Waals surface area contributed by atoms with Crippen molar-refractivity contribution in [1.82, 2.24) is 14.6 Å². The van der Waals surface area contributed by atoms with Crippen LogP contribution >= 0.6 is 7.82 Å². The smallest absolute Gasteiger partial charge is 0.382 e. The lowest BCUT2D eigenvalue weighted by Crippen LogP contribution is -2.45. The normalized spacial score (nSPS) is 22.2. The Bertz CT molecular complexity index is 1950. The van der Waals surface area contributed by atoms with E-state index in [2.05, 4.69) is 23.1 Å². The van der Waals surface area contributed by atoms with Crippen molar-refractivity contribution < 1.29 is 41.8 Å². The van der Waals surface area contributed by atoms with E-state index in [0.717, 1.165) is 31.7 Å². The van der Waals surface area contributed by atoms with Gasteiger partial charge in [0.25, 0.3) is 0 Å². The second-order valence-electron chi connectivity index (χ2n) is 17.0. The number of aromatic nitrogens is 3. The first kappa shape index (κ1) is 48.5. The van der Waals surface area contributed by atoms with Crippen molar-refractivity contribution in [3.63, 3.8) is 0 Å². The molecule has 2 fully saturated rings. The molecule has 2 aromatic heterocycles. The number of nitriles is 2. The number of hydrogen-bond donors (Lipinski definition) is 2. The van der Waals surface area contributed by atoms with Gasteiger partial charge in [-0.2, -0.15) is 15.6 Å². The highest BCUT2D eigenvalue weighted by atomic mass is 31.2. The number of nitrogens with zero attached hydrogens (tertiary/aromatic N) is 5. The number of hydrogen-bond acceptors (Lipinski definition) is 12. The molecule has 336 valence electrons. The Morgan fingerprint density at radius 1 is 0.902 bits per heavy atom. The molecule has 0 radical (unpaired) electrons. The maximum Gasteiger partial charge on any atom is 0.472 e. The van der Waals surface area contributed by atoms with Crippen molar-refractivity contribution in [2.24, 2.45) is 0 Å². The number of nitrogens with two attached hydrogens (primary N) is 1. The van der Waals surface area contributed by atoms with Gasteiger partial charge in [0.2, 0.25) is 5.60 Å². The highest BCUT2D eigenvalue weighted by molar-refractivity contribution is 7.47. The van der Waals surface area contributed by atoms with Gasteiger partial charge in [-0.05, 0) is 56.2 Å². The minimum absolute atomic E-state index is 0.0376. The minimum atomic E-state index is -4.80. The Balaban J connectivity index is 1.09. The first-order valence-electron chi connectivity index (χ1n) is 22.3. The van der Waals surface area contributed by atoms with Crippen LogP contribution in [0.15, 0.2) is 36.7 Å². The van der Waals surface area contributed by atoms with Crippen LogP contribution in [0.2, 0.25) is 0 Å². The van der Waals surface area contributed by atoms with Gasteiger partial charge in [-0.1, -0.05) is 122 Å². The molecular formula is C45H66FN6O8P. The zero-order valence-electron chi connectivity index (χ0n) is 36.3. The van der Waals surface area contributed by atoms with Gasteiger partial charge in [-0.15, -0.1) is 0 Å². The standard InChI is InChI=1S/C45H66FN6O8P/c1-4-5-6-7-8-9-10-11-12-13-14-15-16-17-18-19-20-21-22-37(55-29-35-25-34(28-47)26-36(46)27-35)30-56-61(53,54)57-32-45(31-48)42-41(58-44(2,3)60-42)40(59-45)38-23-24-39-43(49)50-33-51-52(38)39/h23-27,33,37,40-42H,4-22,29-30,32H2,1-3H3,(H,53,54)(H2,49,50,51)/t37-,40+,41+,42+,45-/m1/s1. The van der Waals surface area contributed by atoms with E-state index >= 15 is 0 Å². The molecular weight excluding hydrogens is 803 g/mol. The molecule has 61 heavy (non-hydrogen) atoms. The van der Waals surface area contributed by atoms with Crippen molar-refractivity contribution >= 4 is 19.2 Å². The third-order valence-corrected chi connectivity index (χ3v) is 12.5. The highest BCUT2D eigenvalue weighted by Crippen LogP contribution is 2.52. The third kappa shape index (κ3) is 14.5. The summed E-state index contributed by atoms with van der Waals surface area (Å²) in [6.07, 6.45) is 21.0. The van der Waals surface area contributed by atoms with E-state index in [4.69, 9.17) is 33.7 Å². The zero-order valence-corrected chi connectivity index (χ0v) is 37.2. The Hall–Kier alpha value is -3.50. The number of halogens is 1. The van der Waals surface area contributed by atoms with Crippen molar-refractivity contribution in [3.8, 4) is 12.1 Å². The number of phosphoric ester groups is 1. The van der Waals surface area contributed by atoms with Crippen LogP contribution in [0, 0.1) is 28.5 Å². The number of fused-ring (bicyclic) bond motifs is 2. The van der Waals surface area contributed by atoms with Crippen LogP contribution in [0.4, 0.5) is 10.2 Å². The molecule has 2 aliphatic rings. The van der Waals surface area contributed by atoms with Crippen molar-refractivity contribution in [3.05, 3.63) is 59.3 Å². The molecule has 16 heteroatoms. The number of rotatable bonds is 29. The molecule has 1 aromatic carbocycles. The summed E-state index contributed by atoms with van der Waals surface area (Å²) in [7, 11) is -4.80. The molecule has 4 heterocycles. The summed E-state index contributed by atoms with van der Waals surface area (Å²) in [5.41, 5.74) is 5.84. The molecule has 2 saturated heterocycles. The predicted octanol–water partition coefficient (Wildman–Crippen LogP) is 10.3. The van der Waals surface area contributed by atoms with E-state index in [1.165, 1.54) is 108 Å². The lowest BCUT2D eigenvalue weighted by molar-refractivity contribution is -0.204. The Morgan fingerprint density at radius 2 is 1.52 bits per heavy atom. The minimum Gasteiger partial charge on any atom is -0.382 e. The van der Waals surface area contributed by atoms with Gasteiger partial charge in [0.15, 0.2) is 11.6 Å². The molecule has 3 N–H and O–H groups in total. The molecule has 5 rings (SSSR count). The largest absolute Gasteiger partial charge is 0.472 e. The fraction of sp³-hybridized carbons (Fsp3) is 0.689. The summed E-state index contributed by atoms with van der Waals surface area (Å²) in [6.45, 7) is 4.63. The van der Waals surface area contributed by atoms with Gasteiger partial charge in [-0.3, -0.25) is 9.05 Å². The first-order valence-corrected chi connectivity index (χ1v) is 23.8. The van der Waals surface area contributed by atoms with E-state index in [9.17, 15) is 24.4 Å². The lowest BCUT2D eigenvalue weighted by Gasteiger charge is -2.29. The van der Waals surface area contributed by atoms with Gasteiger partial charge in [0, 0.05) is 0 Å². The fourth-order valence-corrected chi connectivity index (χ4v) is 9.06. The number of ether oxygens (including phenoxy) is 4. The van der Waals surface area contributed by atoms with Crippen LogP contribution in [0.3, 0.4) is 0 Å². The van der Waals surface area contributed by atoms with E-state index in [-0.39, 0.29) is 24.6 Å². The molecule has 0 bridgehead atoms. The molecule has 2 aliphatic heterocycles. The predicted molar refractivity (Wildman–Crippen MR) is 228 cm³/mol. The molecule has 6 atom stereocenters. The van der Waals surface area contributed by atoms with Crippen LogP contribution < -0.4 is 5.73 Å². The van der Waals surface area contributed by atoms with Crippen LogP contribution in [0.25, 0.3) is 5.52 Å². The van der Waals surface area contributed by atoms with Crippen molar-refractivity contribution in [1.29, 1.82) is 10.5 Å². The summed E-state index contributed by atoms with van der Waals surface area (Å²) >= 11 is 0. The van der Waals surface area contributed by atoms with Gasteiger partial charge in [0.1, 0.15) is 48.6 Å². The summed E-state index contributed by atoms with van der Waals surface area (Å²) in [5.74, 6) is -1.42. The summed E-state index contributed by atoms with van der Waals surface area (Å²) < 4.78 is 64.8. The molecule has 0 spiro atoms. The maximum atomic E-state index is 14.2. The summed E-state index contributed by atoms with van der Waals surface area (Å²) in [5, 5.41) is 24.1. The number of unbranched alkanes of at least 4 members (excludes halogenated alkanes) is 17. The van der Waals surface area contributed by atoms with E-state index in [0.29, 0.717) is 23.2 Å². The number of anilines is 1. The molecule has 14 nitrogen and oxygen atoms in total. The van der Waals surface area contributed by atoms with Gasteiger partial charge in [-0.25, -0.2) is 18.5 Å². The van der Waals surface area contributed by atoms with Crippen LogP contribution in [0.1, 0.15) is 166 Å². The van der Waals surface area contributed by atoms with Crippen molar-refractivity contribution in [2.75, 3.05) is 18.9 Å². The summed E-state index contributed by atoms with van der Waals surface area (Å²) in [6, 6.07) is 11.5. The van der Waals surface area contributed by atoms with Gasteiger partial charge < -0.3 is 29.6 Å². The maximum absolute atomic E-state index is 14.2. The molecule has 0 aliphatic carbocycles. The van der Waals surface area contributed by atoms with Crippen LogP contribution in [0.5, 0.6) is 0 Å². The van der Waals surface area contributed by atoms with Crippen LogP contribution in [-0.2, 0) is 39.2 Å². The third-order valence-electron chi connectivity index (χ3n) is 11.5. The molecule has 0 amide bonds. The monoisotopic (exact) mass is 868 g/mol. The second-order valence-corrected chi connectivity index (χ2v) is 18.4. The molecule has 1 unspecified atom stereocenters. The topological polar surface area (TPSA) is 196 Å². The number of phosphoric acid groups is 1. The molecule has 3 aromatic rings. The van der Waals surface area contributed by atoms with Crippen molar-refractivity contribution in [2.45, 2.75) is 185 Å². The van der Waals surface area contributed by atoms with Crippen LogP contribution in [-0.4, -0.2) is 62.4 Å². The Kier molecular flexibility index (Phi) is 18.9. The Morgan fingerprint density at radius 3 is 2.13 bits per heavy atom. The highest BCUT2D eigenvalue weighted by Gasteiger charge is 2.65. The fourth-order valence-electron chi connectivity index (χ4n) is 8.28. The molecule has 0 saturated carbocycles. The lowest BCUT2D eigenvalue weighted by atomic mass is 9.96. The first-order chi connectivity index (χ1) is 29.4. The average molecular weight is 869 g/mol. The van der Waals surface area contributed by atoms with E-state index in [1.54, 1.807) is 30.5 Å². The van der Waals surface area contributed by atoms with Gasteiger partial charge in [0.05, 0.1) is 36.6 Å². The Labute approximate surface area is 360 Å². The second kappa shape index (κ2) is 23.8. The number of nitrogen functional groups attached to an aromatic ring is 1. The van der Waals surface area contributed by atoms with E-state index in [1.807, 2.05) is 6.07 Å². The van der Waals surface area contributed by atoms with Gasteiger partial charge >= 0.3 is 7.82 Å². The summed E-state index contributed by atoms with van der Waals surface area (Å²) in [4.78, 5) is 14.9. The average Bonchev–Trinajstić information content (AvgIpc) is 3.90. The SMILES string of the molecule is CCCCCCCCCCCCCCCCCCCC[C@H](COP(=O)(O)OC[C@@]1(C#N)O[C@@H](c2ccc3c(N)ncnn23)[C@@H]2OC(C)(C)O[C@@H]21)OCc1cc(F)cc(C#N)c1.